The van der Waals surface area contributed by atoms with Crippen LogP contribution >= 0.6 is 0 Å². The molecule has 202 valence electrons. The first-order valence-electron chi connectivity index (χ1n) is 14.7. The van der Waals surface area contributed by atoms with Crippen LogP contribution in [-0.2, 0) is 6.42 Å². The molecule has 2 aliphatic rings. The van der Waals surface area contributed by atoms with Crippen LogP contribution < -0.4 is 4.57 Å². The summed E-state index contributed by atoms with van der Waals surface area (Å²) >= 11 is 0. The van der Waals surface area contributed by atoms with Gasteiger partial charge < -0.3 is 4.42 Å². The molecule has 42 heavy (non-hydrogen) atoms. The summed E-state index contributed by atoms with van der Waals surface area (Å²) in [5.74, 6) is 0.292. The lowest BCUT2D eigenvalue weighted by Crippen LogP contribution is -2.38. The largest absolute Gasteiger partial charge is 0.456 e. The second-order valence-corrected chi connectivity index (χ2v) is 11.4. The van der Waals surface area contributed by atoms with Gasteiger partial charge in [0, 0.05) is 34.4 Å². The van der Waals surface area contributed by atoms with Crippen molar-refractivity contribution < 1.29 is 8.98 Å². The van der Waals surface area contributed by atoms with E-state index in [9.17, 15) is 0 Å². The van der Waals surface area contributed by atoms with Gasteiger partial charge >= 0.3 is 0 Å². The van der Waals surface area contributed by atoms with Crippen molar-refractivity contribution in [2.24, 2.45) is 4.99 Å². The van der Waals surface area contributed by atoms with Crippen molar-refractivity contribution in [2.75, 3.05) is 0 Å². The van der Waals surface area contributed by atoms with Crippen LogP contribution in [0.4, 0.5) is 0 Å². The molecule has 0 saturated heterocycles. The molecule has 4 aromatic carbocycles. The lowest BCUT2D eigenvalue weighted by atomic mass is 9.78. The van der Waals surface area contributed by atoms with E-state index in [0.717, 1.165) is 63.9 Å². The van der Waals surface area contributed by atoms with Gasteiger partial charge in [-0.05, 0) is 78.1 Å². The number of aryl methyl sites for hydroxylation is 1. The molecule has 2 aliphatic heterocycles. The third kappa shape index (κ3) is 3.96. The number of fused-ring (bicyclic) bond motifs is 9. The number of rotatable bonds is 2. The predicted molar refractivity (Wildman–Crippen MR) is 173 cm³/mol. The molecular weight excluding hydrogens is 512 g/mol. The van der Waals surface area contributed by atoms with Crippen molar-refractivity contribution in [3.05, 3.63) is 145 Å². The summed E-state index contributed by atoms with van der Waals surface area (Å²) in [5.41, 5.74) is 12.4. The number of hydrogen-bond donors (Lipinski definition) is 0. The quantitative estimate of drug-likeness (QED) is 0.200. The summed E-state index contributed by atoms with van der Waals surface area (Å²) in [4.78, 5) is 5.23. The first-order chi connectivity index (χ1) is 20.7. The van der Waals surface area contributed by atoms with Crippen LogP contribution in [0.3, 0.4) is 0 Å². The first kappa shape index (κ1) is 24.8. The van der Waals surface area contributed by atoms with Gasteiger partial charge in [0.05, 0.1) is 23.7 Å². The summed E-state index contributed by atoms with van der Waals surface area (Å²) in [5, 5.41) is 2.28. The van der Waals surface area contributed by atoms with Crippen molar-refractivity contribution in [3.8, 4) is 22.4 Å². The van der Waals surface area contributed by atoms with Crippen molar-refractivity contribution in [2.45, 2.75) is 31.2 Å². The van der Waals surface area contributed by atoms with Gasteiger partial charge in [-0.15, -0.1) is 0 Å². The molecular formula is C39H31N2O+. The predicted octanol–water partition coefficient (Wildman–Crippen LogP) is 9.16. The second kappa shape index (κ2) is 9.81. The Morgan fingerprint density at radius 1 is 0.786 bits per heavy atom. The highest BCUT2D eigenvalue weighted by atomic mass is 16.3. The maximum absolute atomic E-state index is 6.55. The summed E-state index contributed by atoms with van der Waals surface area (Å²) in [6.45, 7) is 8.67. The summed E-state index contributed by atoms with van der Waals surface area (Å²) in [7, 11) is 0. The van der Waals surface area contributed by atoms with Crippen LogP contribution in [0.5, 0.6) is 0 Å². The Kier molecular flexibility index (Phi) is 5.78. The molecule has 0 bridgehead atoms. The molecule has 0 saturated carbocycles. The topological polar surface area (TPSA) is 29.4 Å². The zero-order valence-corrected chi connectivity index (χ0v) is 23.5. The Morgan fingerprint density at radius 2 is 1.60 bits per heavy atom. The maximum atomic E-state index is 6.55. The molecule has 8 rings (SSSR count). The van der Waals surface area contributed by atoms with E-state index in [1.807, 2.05) is 12.1 Å². The number of furan rings is 1. The number of nitrogens with zero attached hydrogens (tertiary/aromatic N) is 2. The van der Waals surface area contributed by atoms with Gasteiger partial charge in [-0.25, -0.2) is 0 Å². The van der Waals surface area contributed by atoms with Crippen molar-refractivity contribution in [1.29, 1.82) is 0 Å². The SMILES string of the molecule is C=CC1=NC2CC(=C)[n+]3ccccc3-c3cc4c(cc3CCC2c2ccccc21)oc1cc(-c2ccccc2)ccc14. The first-order valence-corrected chi connectivity index (χ1v) is 14.7. The summed E-state index contributed by atoms with van der Waals surface area (Å²) in [6, 6.07) is 36.9. The fourth-order valence-electron chi connectivity index (χ4n) is 7.01. The summed E-state index contributed by atoms with van der Waals surface area (Å²) in [6.07, 6.45) is 6.73. The molecule has 0 amide bonds. The lowest BCUT2D eigenvalue weighted by Gasteiger charge is -2.32. The van der Waals surface area contributed by atoms with Gasteiger partial charge in [0.25, 0.3) is 0 Å². The number of hydrogen-bond acceptors (Lipinski definition) is 2. The molecule has 3 nitrogen and oxygen atoms in total. The molecule has 0 N–H and O–H groups in total. The molecule has 2 aromatic heterocycles. The highest BCUT2D eigenvalue weighted by Gasteiger charge is 2.34. The van der Waals surface area contributed by atoms with E-state index in [-0.39, 0.29) is 6.04 Å². The van der Waals surface area contributed by atoms with Gasteiger partial charge in [-0.2, -0.15) is 4.57 Å². The van der Waals surface area contributed by atoms with Gasteiger partial charge in [0.15, 0.2) is 11.9 Å². The van der Waals surface area contributed by atoms with E-state index in [4.69, 9.17) is 9.41 Å². The molecule has 6 aromatic rings. The monoisotopic (exact) mass is 543 g/mol. The number of benzene rings is 4. The maximum Gasteiger partial charge on any atom is 0.218 e. The van der Waals surface area contributed by atoms with Crippen molar-refractivity contribution in [1.82, 2.24) is 0 Å². The van der Waals surface area contributed by atoms with Crippen LogP contribution in [0.2, 0.25) is 0 Å². The fraction of sp³-hybridized carbons (Fsp3) is 0.128. The van der Waals surface area contributed by atoms with Gasteiger partial charge in [-0.3, -0.25) is 4.99 Å². The minimum atomic E-state index is 0.105. The average molecular weight is 544 g/mol. The Balaban J connectivity index is 1.31. The van der Waals surface area contributed by atoms with Crippen LogP contribution in [0.15, 0.2) is 138 Å². The van der Waals surface area contributed by atoms with E-state index < -0.39 is 0 Å². The molecule has 2 unspecified atom stereocenters. The molecule has 0 aliphatic carbocycles. The van der Waals surface area contributed by atoms with Crippen LogP contribution in [-0.4, -0.2) is 11.8 Å². The van der Waals surface area contributed by atoms with E-state index in [1.165, 1.54) is 27.8 Å². The zero-order valence-electron chi connectivity index (χ0n) is 23.5. The van der Waals surface area contributed by atoms with E-state index in [1.54, 1.807) is 0 Å². The smallest absolute Gasteiger partial charge is 0.218 e. The normalized spacial score (nSPS) is 18.0. The Morgan fingerprint density at radius 3 is 2.48 bits per heavy atom. The fourth-order valence-corrected chi connectivity index (χ4v) is 7.01. The van der Waals surface area contributed by atoms with E-state index in [2.05, 4.69) is 121 Å². The van der Waals surface area contributed by atoms with Crippen molar-refractivity contribution in [3.63, 3.8) is 0 Å². The Labute approximate surface area is 245 Å². The van der Waals surface area contributed by atoms with Gasteiger partial charge in [-0.1, -0.05) is 67.2 Å². The number of allylic oxidation sites excluding steroid dienone is 1. The Hall–Kier alpha value is -5.02. The lowest BCUT2D eigenvalue weighted by molar-refractivity contribution is -0.571. The average Bonchev–Trinajstić information content (AvgIpc) is 3.40. The van der Waals surface area contributed by atoms with Crippen LogP contribution in [0.25, 0.3) is 50.0 Å². The van der Waals surface area contributed by atoms with Crippen LogP contribution in [0.1, 0.15) is 35.4 Å². The molecule has 2 atom stereocenters. The van der Waals surface area contributed by atoms with Gasteiger partial charge in [0.2, 0.25) is 5.69 Å². The molecule has 4 heterocycles. The number of aliphatic imine (C=N–C) groups is 1. The zero-order chi connectivity index (χ0) is 28.2. The number of aromatic nitrogens is 1. The molecule has 0 spiro atoms. The highest BCUT2D eigenvalue weighted by Crippen LogP contribution is 2.41. The minimum absolute atomic E-state index is 0.105. The summed E-state index contributed by atoms with van der Waals surface area (Å²) < 4.78 is 8.81. The number of pyridine rings is 1. The van der Waals surface area contributed by atoms with E-state index in [0.29, 0.717) is 5.92 Å². The standard InChI is InChI=1S/C39H31N2O/c1-3-35-30-14-8-7-13-29(30)31-18-17-28-23-39-34(32-19-16-27(22-38(32)42-39)26-11-5-4-6-12-26)24-33(28)37-15-9-10-20-41(37)25(2)21-36(31)40-35/h3-16,19-20,22-24,31,36H,1-2,17-18,21H2/q+1. The molecule has 3 heteroatoms. The third-order valence-electron chi connectivity index (χ3n) is 9.05. The Bertz CT molecular complexity index is 2060. The molecule has 0 radical (unpaired) electrons. The van der Waals surface area contributed by atoms with Crippen molar-refractivity contribution >= 4 is 33.3 Å². The minimum Gasteiger partial charge on any atom is -0.456 e. The second-order valence-electron chi connectivity index (χ2n) is 11.4. The highest BCUT2D eigenvalue weighted by molar-refractivity contribution is 6.10. The third-order valence-corrected chi connectivity index (χ3v) is 9.05. The van der Waals surface area contributed by atoms with E-state index >= 15 is 0 Å². The molecule has 0 fully saturated rings. The van der Waals surface area contributed by atoms with Crippen LogP contribution in [0, 0.1) is 0 Å². The van der Waals surface area contributed by atoms with Gasteiger partial charge in [0.1, 0.15) is 11.2 Å².